The summed E-state index contributed by atoms with van der Waals surface area (Å²) < 4.78 is 2.80. The van der Waals surface area contributed by atoms with E-state index in [0.717, 1.165) is 11.1 Å². The Bertz CT molecular complexity index is 915. The van der Waals surface area contributed by atoms with Crippen molar-refractivity contribution in [3.63, 3.8) is 0 Å². The standard InChI is InChI=1S/C15H15N7O3/c1-11-4-2-3-5-12(11)8-21-10-16-15(19-21)17-14(23)9-20-7-6-13(18-20)22(24)25/h2-7,10H,8-9H2,1H3,(H,17,19,23). The summed E-state index contributed by atoms with van der Waals surface area (Å²) in [5.74, 6) is -0.569. The van der Waals surface area contributed by atoms with Crippen LogP contribution in [-0.2, 0) is 17.9 Å². The van der Waals surface area contributed by atoms with E-state index in [1.165, 1.54) is 23.3 Å². The first-order valence-electron chi connectivity index (χ1n) is 7.43. The van der Waals surface area contributed by atoms with Crippen LogP contribution < -0.4 is 5.32 Å². The van der Waals surface area contributed by atoms with Crippen LogP contribution in [0, 0.1) is 17.0 Å². The molecule has 2 aromatic heterocycles. The number of hydrogen-bond acceptors (Lipinski definition) is 6. The quantitative estimate of drug-likeness (QED) is 0.534. The lowest BCUT2D eigenvalue weighted by atomic mass is 10.1. The van der Waals surface area contributed by atoms with E-state index in [4.69, 9.17) is 0 Å². The molecule has 25 heavy (non-hydrogen) atoms. The Kier molecular flexibility index (Phi) is 4.50. The molecular formula is C15H15N7O3. The molecule has 2 heterocycles. The zero-order valence-corrected chi connectivity index (χ0v) is 13.4. The van der Waals surface area contributed by atoms with Gasteiger partial charge in [0.15, 0.2) is 0 Å². The minimum absolute atomic E-state index is 0.166. The summed E-state index contributed by atoms with van der Waals surface area (Å²) in [5, 5.41) is 21.0. The third kappa shape index (κ3) is 4.05. The Morgan fingerprint density at radius 3 is 2.76 bits per heavy atom. The first kappa shape index (κ1) is 16.3. The maximum absolute atomic E-state index is 12.0. The predicted octanol–water partition coefficient (Wildman–Crippen LogP) is 1.38. The van der Waals surface area contributed by atoms with Crippen molar-refractivity contribution in [2.45, 2.75) is 20.0 Å². The number of rotatable bonds is 6. The molecule has 0 atom stereocenters. The minimum Gasteiger partial charge on any atom is -0.358 e. The normalized spacial score (nSPS) is 10.6. The van der Waals surface area contributed by atoms with E-state index in [9.17, 15) is 14.9 Å². The number of aryl methyl sites for hydroxylation is 1. The van der Waals surface area contributed by atoms with Gasteiger partial charge in [-0.2, -0.15) is 4.68 Å². The second-order valence-corrected chi connectivity index (χ2v) is 5.37. The largest absolute Gasteiger partial charge is 0.389 e. The van der Waals surface area contributed by atoms with E-state index in [1.807, 2.05) is 31.2 Å². The Morgan fingerprint density at radius 2 is 2.04 bits per heavy atom. The molecule has 3 rings (SSSR count). The zero-order chi connectivity index (χ0) is 17.8. The number of nitro groups is 1. The monoisotopic (exact) mass is 341 g/mol. The number of amides is 1. The van der Waals surface area contributed by atoms with Crippen molar-refractivity contribution in [2.24, 2.45) is 0 Å². The number of benzene rings is 1. The van der Waals surface area contributed by atoms with E-state index in [-0.39, 0.29) is 18.3 Å². The molecule has 128 valence electrons. The lowest BCUT2D eigenvalue weighted by molar-refractivity contribution is -0.389. The SMILES string of the molecule is Cc1ccccc1Cn1cnc(NC(=O)Cn2ccc([N+](=O)[O-])n2)n1. The number of nitrogens with zero attached hydrogens (tertiary/aromatic N) is 6. The number of nitrogens with one attached hydrogen (secondary N) is 1. The number of hydrogen-bond donors (Lipinski definition) is 1. The zero-order valence-electron chi connectivity index (χ0n) is 13.4. The summed E-state index contributed by atoms with van der Waals surface area (Å²) in [6.07, 6.45) is 2.89. The molecule has 0 spiro atoms. The van der Waals surface area contributed by atoms with Gasteiger partial charge in [-0.15, -0.1) is 5.10 Å². The van der Waals surface area contributed by atoms with Crippen LogP contribution in [0.5, 0.6) is 0 Å². The molecule has 0 aliphatic carbocycles. The molecule has 1 amide bonds. The third-order valence-electron chi connectivity index (χ3n) is 3.50. The summed E-state index contributed by atoms with van der Waals surface area (Å²) in [7, 11) is 0. The van der Waals surface area contributed by atoms with Gasteiger partial charge in [-0.25, -0.2) is 9.67 Å². The van der Waals surface area contributed by atoms with E-state index >= 15 is 0 Å². The van der Waals surface area contributed by atoms with Crippen molar-refractivity contribution in [3.05, 3.63) is 64.1 Å². The first-order chi connectivity index (χ1) is 12.0. The van der Waals surface area contributed by atoms with Gasteiger partial charge in [0, 0.05) is 0 Å². The summed E-state index contributed by atoms with van der Waals surface area (Å²) in [6, 6.07) is 9.15. The van der Waals surface area contributed by atoms with Crippen LogP contribution in [0.25, 0.3) is 0 Å². The van der Waals surface area contributed by atoms with Crippen molar-refractivity contribution in [2.75, 3.05) is 5.32 Å². The van der Waals surface area contributed by atoms with Gasteiger partial charge in [0.25, 0.3) is 5.91 Å². The number of carbonyl (C=O) groups excluding carboxylic acids is 1. The first-order valence-corrected chi connectivity index (χ1v) is 7.43. The average molecular weight is 341 g/mol. The molecule has 0 fully saturated rings. The molecule has 0 aliphatic rings. The molecule has 0 aliphatic heterocycles. The molecule has 1 N–H and O–H groups in total. The summed E-state index contributed by atoms with van der Waals surface area (Å²) in [6.45, 7) is 2.39. The second-order valence-electron chi connectivity index (χ2n) is 5.37. The van der Waals surface area contributed by atoms with E-state index < -0.39 is 10.8 Å². The summed E-state index contributed by atoms with van der Waals surface area (Å²) in [4.78, 5) is 25.9. The van der Waals surface area contributed by atoms with Crippen LogP contribution in [-0.4, -0.2) is 35.4 Å². The van der Waals surface area contributed by atoms with Gasteiger partial charge >= 0.3 is 5.82 Å². The van der Waals surface area contributed by atoms with Gasteiger partial charge in [0.05, 0.1) is 23.9 Å². The topological polar surface area (TPSA) is 121 Å². The predicted molar refractivity (Wildman–Crippen MR) is 87.8 cm³/mol. The summed E-state index contributed by atoms with van der Waals surface area (Å²) in [5.41, 5.74) is 2.25. The highest BCUT2D eigenvalue weighted by Crippen LogP contribution is 2.09. The van der Waals surface area contributed by atoms with Crippen LogP contribution in [0.15, 0.2) is 42.9 Å². The van der Waals surface area contributed by atoms with Crippen LogP contribution in [0.3, 0.4) is 0 Å². The molecule has 10 nitrogen and oxygen atoms in total. The maximum Gasteiger partial charge on any atom is 0.389 e. The Balaban J connectivity index is 1.59. The number of aromatic nitrogens is 5. The van der Waals surface area contributed by atoms with Gasteiger partial charge < -0.3 is 10.1 Å². The van der Waals surface area contributed by atoms with Gasteiger partial charge in [0.2, 0.25) is 5.95 Å². The van der Waals surface area contributed by atoms with Gasteiger partial charge in [-0.3, -0.25) is 10.1 Å². The fourth-order valence-electron chi connectivity index (χ4n) is 2.24. The lowest BCUT2D eigenvalue weighted by Gasteiger charge is -2.04. The molecule has 0 bridgehead atoms. The van der Waals surface area contributed by atoms with Crippen LogP contribution in [0.4, 0.5) is 11.8 Å². The van der Waals surface area contributed by atoms with Crippen LogP contribution in [0.1, 0.15) is 11.1 Å². The highest BCUT2D eigenvalue weighted by Gasteiger charge is 2.14. The van der Waals surface area contributed by atoms with E-state index in [0.29, 0.717) is 6.54 Å². The van der Waals surface area contributed by atoms with E-state index in [2.05, 4.69) is 20.5 Å². The molecule has 3 aromatic rings. The van der Waals surface area contributed by atoms with Gasteiger partial charge in [0.1, 0.15) is 12.9 Å². The molecule has 0 saturated heterocycles. The fourth-order valence-corrected chi connectivity index (χ4v) is 2.24. The highest BCUT2D eigenvalue weighted by molar-refractivity contribution is 5.88. The van der Waals surface area contributed by atoms with Gasteiger partial charge in [-0.05, 0) is 23.0 Å². The lowest BCUT2D eigenvalue weighted by Crippen LogP contribution is -2.20. The molecule has 1 aromatic carbocycles. The van der Waals surface area contributed by atoms with Crippen molar-refractivity contribution in [3.8, 4) is 0 Å². The molecule has 10 heteroatoms. The fraction of sp³-hybridized carbons (Fsp3) is 0.200. The van der Waals surface area contributed by atoms with Crippen LogP contribution >= 0.6 is 0 Å². The minimum atomic E-state index is -0.622. The maximum atomic E-state index is 12.0. The molecular weight excluding hydrogens is 326 g/mol. The number of carbonyl (C=O) groups is 1. The Labute approximate surface area is 142 Å². The van der Waals surface area contributed by atoms with Crippen molar-refractivity contribution < 1.29 is 9.72 Å². The Morgan fingerprint density at radius 1 is 1.24 bits per heavy atom. The van der Waals surface area contributed by atoms with Crippen molar-refractivity contribution >= 4 is 17.7 Å². The molecule has 0 saturated carbocycles. The third-order valence-corrected chi connectivity index (χ3v) is 3.50. The average Bonchev–Trinajstić information content (AvgIpc) is 3.19. The molecule has 0 unspecified atom stereocenters. The number of anilines is 1. The van der Waals surface area contributed by atoms with E-state index in [1.54, 1.807) is 4.68 Å². The van der Waals surface area contributed by atoms with Gasteiger partial charge in [-0.1, -0.05) is 24.3 Å². The van der Waals surface area contributed by atoms with Crippen molar-refractivity contribution in [1.82, 2.24) is 24.5 Å². The molecule has 0 radical (unpaired) electrons. The second kappa shape index (κ2) is 6.91. The van der Waals surface area contributed by atoms with Crippen LogP contribution in [0.2, 0.25) is 0 Å². The smallest absolute Gasteiger partial charge is 0.358 e. The van der Waals surface area contributed by atoms with Crippen molar-refractivity contribution in [1.29, 1.82) is 0 Å². The highest BCUT2D eigenvalue weighted by atomic mass is 16.6. The summed E-state index contributed by atoms with van der Waals surface area (Å²) >= 11 is 0. The Hall–Kier alpha value is -3.56.